The SMILES string of the molecule is CNCCN(C)C(C)c1ccc(CC(C)C)cc1. The summed E-state index contributed by atoms with van der Waals surface area (Å²) in [6, 6.07) is 9.58. The van der Waals surface area contributed by atoms with Crippen LogP contribution in [0.4, 0.5) is 0 Å². The molecule has 1 rings (SSSR count). The van der Waals surface area contributed by atoms with Gasteiger partial charge in [-0.05, 0) is 44.5 Å². The Bertz CT molecular complexity index is 329. The van der Waals surface area contributed by atoms with Gasteiger partial charge in [-0.15, -0.1) is 0 Å². The lowest BCUT2D eigenvalue weighted by molar-refractivity contribution is 0.263. The van der Waals surface area contributed by atoms with Crippen LogP contribution >= 0.6 is 0 Å². The summed E-state index contributed by atoms with van der Waals surface area (Å²) in [7, 11) is 4.18. The average Bonchev–Trinajstić information content (AvgIpc) is 2.35. The number of nitrogens with one attached hydrogen (secondary N) is 1. The summed E-state index contributed by atoms with van der Waals surface area (Å²) < 4.78 is 0. The summed E-state index contributed by atoms with van der Waals surface area (Å²) in [5.74, 6) is 0.728. The highest BCUT2D eigenvalue weighted by atomic mass is 15.1. The van der Waals surface area contributed by atoms with Gasteiger partial charge in [0.1, 0.15) is 0 Å². The zero-order chi connectivity index (χ0) is 13.5. The minimum atomic E-state index is 0.478. The summed E-state index contributed by atoms with van der Waals surface area (Å²) in [4.78, 5) is 2.38. The van der Waals surface area contributed by atoms with Gasteiger partial charge in [0.15, 0.2) is 0 Å². The van der Waals surface area contributed by atoms with Gasteiger partial charge < -0.3 is 5.32 Å². The second-order valence-electron chi connectivity index (χ2n) is 5.60. The Hall–Kier alpha value is -0.860. The Balaban J connectivity index is 2.60. The van der Waals surface area contributed by atoms with E-state index in [4.69, 9.17) is 0 Å². The van der Waals surface area contributed by atoms with Crippen molar-refractivity contribution >= 4 is 0 Å². The summed E-state index contributed by atoms with van der Waals surface area (Å²) >= 11 is 0. The highest BCUT2D eigenvalue weighted by molar-refractivity contribution is 5.25. The molecule has 102 valence electrons. The smallest absolute Gasteiger partial charge is 0.0317 e. The van der Waals surface area contributed by atoms with E-state index >= 15 is 0 Å². The molecule has 1 aromatic rings. The molecular weight excluding hydrogens is 220 g/mol. The maximum absolute atomic E-state index is 3.19. The maximum Gasteiger partial charge on any atom is 0.0317 e. The summed E-state index contributed by atoms with van der Waals surface area (Å²) in [6.45, 7) is 8.91. The standard InChI is InChI=1S/C16H28N2/c1-13(2)12-15-6-8-16(9-7-15)14(3)18(5)11-10-17-4/h6-9,13-14,17H,10-12H2,1-5H3. The lowest BCUT2D eigenvalue weighted by Crippen LogP contribution is -2.29. The lowest BCUT2D eigenvalue weighted by atomic mass is 9.99. The molecular formula is C16H28N2. The Kier molecular flexibility index (Phi) is 6.37. The predicted octanol–water partition coefficient (Wildman–Crippen LogP) is 3.10. The van der Waals surface area contributed by atoms with E-state index in [0.29, 0.717) is 6.04 Å². The van der Waals surface area contributed by atoms with E-state index in [-0.39, 0.29) is 0 Å². The number of hydrogen-bond acceptors (Lipinski definition) is 2. The molecule has 1 aromatic carbocycles. The molecule has 0 spiro atoms. The van der Waals surface area contributed by atoms with E-state index in [1.807, 2.05) is 7.05 Å². The van der Waals surface area contributed by atoms with E-state index in [0.717, 1.165) is 19.0 Å². The molecule has 0 radical (unpaired) electrons. The largest absolute Gasteiger partial charge is 0.318 e. The molecule has 0 aliphatic rings. The molecule has 1 N–H and O–H groups in total. The monoisotopic (exact) mass is 248 g/mol. The molecule has 1 unspecified atom stereocenters. The minimum absolute atomic E-state index is 0.478. The van der Waals surface area contributed by atoms with E-state index in [2.05, 4.69) is 62.3 Å². The molecule has 0 saturated heterocycles. The van der Waals surface area contributed by atoms with Gasteiger partial charge in [0.2, 0.25) is 0 Å². The number of likely N-dealkylation sites (N-methyl/N-ethyl adjacent to an activating group) is 2. The van der Waals surface area contributed by atoms with Crippen LogP contribution in [0.5, 0.6) is 0 Å². The molecule has 0 saturated carbocycles. The van der Waals surface area contributed by atoms with Crippen LogP contribution in [-0.4, -0.2) is 32.1 Å². The number of hydrogen-bond donors (Lipinski definition) is 1. The van der Waals surface area contributed by atoms with Gasteiger partial charge in [0.05, 0.1) is 0 Å². The zero-order valence-electron chi connectivity index (χ0n) is 12.5. The van der Waals surface area contributed by atoms with Crippen LogP contribution in [0, 0.1) is 5.92 Å². The van der Waals surface area contributed by atoms with Gasteiger partial charge in [-0.3, -0.25) is 4.90 Å². The van der Waals surface area contributed by atoms with Crippen LogP contribution in [0.15, 0.2) is 24.3 Å². The van der Waals surface area contributed by atoms with Crippen LogP contribution in [0.2, 0.25) is 0 Å². The normalized spacial score (nSPS) is 13.3. The second kappa shape index (κ2) is 7.55. The lowest BCUT2D eigenvalue weighted by Gasteiger charge is -2.25. The third-order valence-electron chi connectivity index (χ3n) is 3.48. The first kappa shape index (κ1) is 15.2. The fourth-order valence-corrected chi connectivity index (χ4v) is 2.14. The molecule has 0 aliphatic heterocycles. The van der Waals surface area contributed by atoms with Crippen molar-refractivity contribution in [3.8, 4) is 0 Å². The molecule has 0 aliphatic carbocycles. The summed E-state index contributed by atoms with van der Waals surface area (Å²) in [5.41, 5.74) is 2.85. The van der Waals surface area contributed by atoms with Crippen LogP contribution < -0.4 is 5.32 Å². The van der Waals surface area contributed by atoms with Gasteiger partial charge in [-0.25, -0.2) is 0 Å². The third-order valence-corrected chi connectivity index (χ3v) is 3.48. The minimum Gasteiger partial charge on any atom is -0.318 e. The molecule has 2 heteroatoms. The first-order chi connectivity index (χ1) is 8.54. The molecule has 2 nitrogen and oxygen atoms in total. The van der Waals surface area contributed by atoms with E-state index in [1.54, 1.807) is 0 Å². The first-order valence-corrected chi connectivity index (χ1v) is 6.98. The quantitative estimate of drug-likeness (QED) is 0.797. The fourth-order valence-electron chi connectivity index (χ4n) is 2.14. The third kappa shape index (κ3) is 4.79. The topological polar surface area (TPSA) is 15.3 Å². The average molecular weight is 248 g/mol. The summed E-state index contributed by atoms with van der Waals surface area (Å²) in [6.07, 6.45) is 1.17. The number of benzene rings is 1. The molecule has 1 atom stereocenters. The van der Waals surface area contributed by atoms with Gasteiger partial charge in [0.25, 0.3) is 0 Å². The van der Waals surface area contributed by atoms with Crippen LogP contribution in [0.3, 0.4) is 0 Å². The van der Waals surface area contributed by atoms with Gasteiger partial charge in [0, 0.05) is 19.1 Å². The van der Waals surface area contributed by atoms with Crippen LogP contribution in [0.1, 0.15) is 37.9 Å². The predicted molar refractivity (Wildman–Crippen MR) is 80.0 cm³/mol. The summed E-state index contributed by atoms with van der Waals surface area (Å²) in [5, 5.41) is 3.19. The second-order valence-corrected chi connectivity index (χ2v) is 5.60. The Morgan fingerprint density at radius 1 is 1.11 bits per heavy atom. The Labute approximate surface area is 112 Å². The van der Waals surface area contributed by atoms with Gasteiger partial charge in [-0.1, -0.05) is 38.1 Å². The Morgan fingerprint density at radius 2 is 1.72 bits per heavy atom. The van der Waals surface area contributed by atoms with E-state index in [1.165, 1.54) is 17.5 Å². The van der Waals surface area contributed by atoms with Crippen molar-refractivity contribution in [2.45, 2.75) is 33.2 Å². The number of nitrogens with zero attached hydrogens (tertiary/aromatic N) is 1. The van der Waals surface area contributed by atoms with Crippen LogP contribution in [0.25, 0.3) is 0 Å². The fraction of sp³-hybridized carbons (Fsp3) is 0.625. The molecule has 0 fully saturated rings. The number of rotatable bonds is 7. The Morgan fingerprint density at radius 3 is 2.22 bits per heavy atom. The van der Waals surface area contributed by atoms with Crippen molar-refractivity contribution in [1.82, 2.24) is 10.2 Å². The first-order valence-electron chi connectivity index (χ1n) is 6.98. The van der Waals surface area contributed by atoms with Crippen molar-refractivity contribution in [3.05, 3.63) is 35.4 Å². The van der Waals surface area contributed by atoms with Crippen molar-refractivity contribution in [2.24, 2.45) is 5.92 Å². The molecule has 0 heterocycles. The molecule has 0 bridgehead atoms. The maximum atomic E-state index is 3.19. The highest BCUT2D eigenvalue weighted by Gasteiger charge is 2.10. The van der Waals surface area contributed by atoms with Crippen molar-refractivity contribution < 1.29 is 0 Å². The van der Waals surface area contributed by atoms with Crippen molar-refractivity contribution in [2.75, 3.05) is 27.2 Å². The van der Waals surface area contributed by atoms with Gasteiger partial charge >= 0.3 is 0 Å². The van der Waals surface area contributed by atoms with Crippen molar-refractivity contribution in [1.29, 1.82) is 0 Å². The molecule has 0 amide bonds. The molecule has 18 heavy (non-hydrogen) atoms. The van der Waals surface area contributed by atoms with Crippen molar-refractivity contribution in [3.63, 3.8) is 0 Å². The highest BCUT2D eigenvalue weighted by Crippen LogP contribution is 2.19. The van der Waals surface area contributed by atoms with Crippen LogP contribution in [-0.2, 0) is 6.42 Å². The molecule has 0 aromatic heterocycles. The van der Waals surface area contributed by atoms with Gasteiger partial charge in [-0.2, -0.15) is 0 Å². The zero-order valence-corrected chi connectivity index (χ0v) is 12.5. The van der Waals surface area contributed by atoms with E-state index in [9.17, 15) is 0 Å². The van der Waals surface area contributed by atoms with E-state index < -0.39 is 0 Å².